The van der Waals surface area contributed by atoms with Crippen molar-refractivity contribution < 1.29 is 19.8 Å². The van der Waals surface area contributed by atoms with Gasteiger partial charge in [-0.25, -0.2) is 9.59 Å². The number of aliphatic carboxylic acids is 1. The fourth-order valence-electron chi connectivity index (χ4n) is 2.26. The van der Waals surface area contributed by atoms with Crippen LogP contribution in [-0.4, -0.2) is 66.4 Å². The lowest BCUT2D eigenvalue weighted by molar-refractivity contribution is -0.146. The predicted molar refractivity (Wildman–Crippen MR) is 69.9 cm³/mol. The van der Waals surface area contributed by atoms with Crippen molar-refractivity contribution in [2.75, 3.05) is 33.2 Å². The van der Waals surface area contributed by atoms with Crippen molar-refractivity contribution >= 4 is 12.0 Å². The average Bonchev–Trinajstić information content (AvgIpc) is 2.39. The Morgan fingerprint density at radius 1 is 1.47 bits per heavy atom. The number of urea groups is 1. The topological polar surface area (TPSA) is 102 Å². The summed E-state index contributed by atoms with van der Waals surface area (Å²) < 4.78 is 0. The lowest BCUT2D eigenvalue weighted by Crippen LogP contribution is -2.47. The van der Waals surface area contributed by atoms with Gasteiger partial charge in [0.1, 0.15) is 0 Å². The quantitative estimate of drug-likeness (QED) is 0.521. The Morgan fingerprint density at radius 3 is 2.84 bits per heavy atom. The van der Waals surface area contributed by atoms with Crippen molar-refractivity contribution in [1.29, 1.82) is 0 Å². The summed E-state index contributed by atoms with van der Waals surface area (Å²) in [4.78, 5) is 24.0. The molecule has 2 atom stereocenters. The Bertz CT molecular complexity index is 309. The number of hydrogen-bond acceptors (Lipinski definition) is 4. The summed E-state index contributed by atoms with van der Waals surface area (Å²) in [7, 11) is 1.90. The van der Waals surface area contributed by atoms with E-state index in [1.54, 1.807) is 4.90 Å². The molecule has 1 aliphatic heterocycles. The van der Waals surface area contributed by atoms with Crippen LogP contribution in [0.4, 0.5) is 4.79 Å². The van der Waals surface area contributed by atoms with Crippen LogP contribution in [0.15, 0.2) is 0 Å². The molecule has 19 heavy (non-hydrogen) atoms. The van der Waals surface area contributed by atoms with Crippen molar-refractivity contribution in [2.24, 2.45) is 5.92 Å². The highest BCUT2D eigenvalue weighted by Crippen LogP contribution is 2.15. The molecular weight excluding hydrogens is 250 g/mol. The number of nitrogens with zero attached hydrogens (tertiary/aromatic N) is 1. The summed E-state index contributed by atoms with van der Waals surface area (Å²) in [5.74, 6) is -0.796. The fourth-order valence-corrected chi connectivity index (χ4v) is 2.26. The van der Waals surface area contributed by atoms with Crippen LogP contribution < -0.4 is 10.6 Å². The van der Waals surface area contributed by atoms with E-state index < -0.39 is 12.1 Å². The lowest BCUT2D eigenvalue weighted by Gasteiger charge is -2.32. The third kappa shape index (κ3) is 5.44. The average molecular weight is 273 g/mol. The maximum atomic E-state index is 11.9. The smallest absolute Gasteiger partial charge is 0.332 e. The molecule has 1 aliphatic rings. The van der Waals surface area contributed by atoms with Crippen LogP contribution in [0.3, 0.4) is 0 Å². The highest BCUT2D eigenvalue weighted by Gasteiger charge is 2.23. The zero-order chi connectivity index (χ0) is 14.3. The summed E-state index contributed by atoms with van der Waals surface area (Å²) in [5, 5.41) is 23.4. The van der Waals surface area contributed by atoms with E-state index >= 15 is 0 Å². The molecule has 0 aromatic carbocycles. The largest absolute Gasteiger partial charge is 0.479 e. The van der Waals surface area contributed by atoms with Gasteiger partial charge in [-0.1, -0.05) is 0 Å². The lowest BCUT2D eigenvalue weighted by atomic mass is 9.98. The number of amides is 2. The molecule has 1 saturated heterocycles. The van der Waals surface area contributed by atoms with Crippen LogP contribution in [0, 0.1) is 5.92 Å². The van der Waals surface area contributed by atoms with Gasteiger partial charge in [-0.2, -0.15) is 0 Å². The van der Waals surface area contributed by atoms with Crippen LogP contribution >= 0.6 is 0 Å². The highest BCUT2D eigenvalue weighted by atomic mass is 16.4. The van der Waals surface area contributed by atoms with Gasteiger partial charge in [0.05, 0.1) is 0 Å². The summed E-state index contributed by atoms with van der Waals surface area (Å²) >= 11 is 0. The van der Waals surface area contributed by atoms with Crippen LogP contribution in [-0.2, 0) is 4.79 Å². The third-order valence-corrected chi connectivity index (χ3v) is 3.28. The molecule has 0 radical (unpaired) electrons. The van der Waals surface area contributed by atoms with E-state index in [2.05, 4.69) is 10.6 Å². The number of carboxylic acids is 1. The Hall–Kier alpha value is -1.34. The number of aliphatic hydroxyl groups excluding tert-OH is 1. The number of carbonyl (C=O) groups excluding carboxylic acids is 1. The van der Waals surface area contributed by atoms with Crippen molar-refractivity contribution in [3.8, 4) is 0 Å². The number of hydrogen-bond donors (Lipinski definition) is 4. The Morgan fingerprint density at radius 2 is 2.21 bits per heavy atom. The Labute approximate surface area is 113 Å². The molecule has 7 heteroatoms. The number of aliphatic hydroxyl groups is 1. The van der Waals surface area contributed by atoms with Crippen LogP contribution in [0.25, 0.3) is 0 Å². The first kappa shape index (κ1) is 15.7. The minimum atomic E-state index is -1.42. The standard InChI is InChI=1S/C12H23N3O4/c1-13-7-9-3-2-6-15(8-9)12(19)14-5-4-10(16)11(17)18/h9-10,13,16H,2-8H2,1H3,(H,14,19)(H,17,18). The molecule has 0 saturated carbocycles. The first-order valence-corrected chi connectivity index (χ1v) is 6.62. The fraction of sp³-hybridized carbons (Fsp3) is 0.833. The Kier molecular flexibility index (Phi) is 6.58. The van der Waals surface area contributed by atoms with Gasteiger partial charge in [0.25, 0.3) is 0 Å². The molecule has 1 rings (SSSR count). The molecule has 0 aromatic heterocycles. The van der Waals surface area contributed by atoms with Gasteiger partial charge >= 0.3 is 12.0 Å². The van der Waals surface area contributed by atoms with Crippen molar-refractivity contribution in [3.63, 3.8) is 0 Å². The molecule has 0 aliphatic carbocycles. The minimum Gasteiger partial charge on any atom is -0.479 e. The molecule has 0 spiro atoms. The third-order valence-electron chi connectivity index (χ3n) is 3.28. The van der Waals surface area contributed by atoms with Gasteiger partial charge < -0.3 is 25.7 Å². The minimum absolute atomic E-state index is 0.0227. The Balaban J connectivity index is 2.27. The van der Waals surface area contributed by atoms with E-state index in [9.17, 15) is 9.59 Å². The first-order chi connectivity index (χ1) is 9.04. The van der Waals surface area contributed by atoms with E-state index in [0.717, 1.165) is 25.9 Å². The summed E-state index contributed by atoms with van der Waals surface area (Å²) in [6.45, 7) is 2.50. The monoisotopic (exact) mass is 273 g/mol. The molecule has 4 N–H and O–H groups in total. The summed E-state index contributed by atoms with van der Waals surface area (Å²) in [6, 6.07) is -0.182. The molecule has 2 amide bonds. The second-order valence-corrected chi connectivity index (χ2v) is 4.89. The number of piperidine rings is 1. The van der Waals surface area contributed by atoms with Gasteiger partial charge in [-0.15, -0.1) is 0 Å². The second-order valence-electron chi connectivity index (χ2n) is 4.89. The first-order valence-electron chi connectivity index (χ1n) is 6.62. The van der Waals surface area contributed by atoms with Gasteiger partial charge in [-0.05, 0) is 32.4 Å². The van der Waals surface area contributed by atoms with E-state index in [0.29, 0.717) is 12.5 Å². The van der Waals surface area contributed by atoms with Gasteiger partial charge in [0.15, 0.2) is 6.10 Å². The molecular formula is C12H23N3O4. The maximum Gasteiger partial charge on any atom is 0.332 e. The summed E-state index contributed by atoms with van der Waals surface area (Å²) in [5.41, 5.74) is 0. The van der Waals surface area contributed by atoms with Crippen molar-refractivity contribution in [1.82, 2.24) is 15.5 Å². The number of rotatable bonds is 6. The van der Waals surface area contributed by atoms with E-state index in [1.165, 1.54) is 0 Å². The molecule has 7 nitrogen and oxygen atoms in total. The zero-order valence-electron chi connectivity index (χ0n) is 11.3. The number of carbonyl (C=O) groups is 2. The maximum absolute atomic E-state index is 11.9. The van der Waals surface area contributed by atoms with E-state index in [4.69, 9.17) is 10.2 Å². The van der Waals surface area contributed by atoms with Gasteiger partial charge in [-0.3, -0.25) is 0 Å². The molecule has 1 fully saturated rings. The van der Waals surface area contributed by atoms with E-state index in [1.807, 2.05) is 7.05 Å². The second kappa shape index (κ2) is 7.96. The zero-order valence-corrected chi connectivity index (χ0v) is 11.3. The molecule has 0 aromatic rings. The molecule has 1 heterocycles. The normalized spacial score (nSPS) is 20.9. The SMILES string of the molecule is CNCC1CCCN(C(=O)NCCC(O)C(=O)O)C1. The molecule has 2 unspecified atom stereocenters. The van der Waals surface area contributed by atoms with Gasteiger partial charge in [0, 0.05) is 26.1 Å². The molecule has 0 bridgehead atoms. The van der Waals surface area contributed by atoms with Crippen molar-refractivity contribution in [3.05, 3.63) is 0 Å². The number of carboxylic acid groups (broad SMARTS) is 1. The molecule has 110 valence electrons. The van der Waals surface area contributed by atoms with Crippen LogP contribution in [0.2, 0.25) is 0 Å². The van der Waals surface area contributed by atoms with Gasteiger partial charge in [0.2, 0.25) is 0 Å². The predicted octanol–water partition coefficient (Wildman–Crippen LogP) is -0.537. The summed E-state index contributed by atoms with van der Waals surface area (Å²) in [6.07, 6.45) is 0.702. The number of likely N-dealkylation sites (tertiary alicyclic amines) is 1. The van der Waals surface area contributed by atoms with Crippen LogP contribution in [0.1, 0.15) is 19.3 Å². The highest BCUT2D eigenvalue weighted by molar-refractivity contribution is 5.74. The van der Waals surface area contributed by atoms with E-state index in [-0.39, 0.29) is 19.0 Å². The van der Waals surface area contributed by atoms with Crippen molar-refractivity contribution in [2.45, 2.75) is 25.4 Å². The number of nitrogens with one attached hydrogen (secondary N) is 2. The van der Waals surface area contributed by atoms with Crippen LogP contribution in [0.5, 0.6) is 0 Å².